The molecule has 2 amide bonds. The molecule has 1 atom stereocenters. The van der Waals surface area contributed by atoms with Crippen molar-refractivity contribution in [2.75, 3.05) is 18.5 Å². The maximum absolute atomic E-state index is 11.9. The van der Waals surface area contributed by atoms with E-state index in [4.69, 9.17) is 4.52 Å². The van der Waals surface area contributed by atoms with E-state index in [1.54, 1.807) is 16.8 Å². The average Bonchev–Trinajstić information content (AvgIpc) is 2.73. The number of aromatic nitrogens is 1. The Morgan fingerprint density at radius 3 is 2.53 bits per heavy atom. The number of hydrogen-bond donors (Lipinski definition) is 0. The number of nitrogens with zero attached hydrogens (tertiary/aromatic N) is 3. The van der Waals surface area contributed by atoms with E-state index in [1.165, 1.54) is 0 Å². The van der Waals surface area contributed by atoms with Crippen molar-refractivity contribution in [3.8, 4) is 0 Å². The number of anilines is 1. The number of amides is 2. The van der Waals surface area contributed by atoms with E-state index in [1.807, 2.05) is 13.0 Å². The van der Waals surface area contributed by atoms with Gasteiger partial charge >= 0.3 is 6.03 Å². The molecule has 5 heteroatoms. The summed E-state index contributed by atoms with van der Waals surface area (Å²) in [5.41, 5.74) is -0.0941. The predicted octanol–water partition coefficient (Wildman–Crippen LogP) is 2.23. The minimum Gasteiger partial charge on any atom is -0.359 e. The Hall–Kier alpha value is -1.52. The van der Waals surface area contributed by atoms with Crippen LogP contribution in [0.15, 0.2) is 10.6 Å². The molecule has 0 radical (unpaired) electrons. The molecule has 0 bridgehead atoms. The molecule has 1 saturated heterocycles. The Bertz CT molecular complexity index is 433. The van der Waals surface area contributed by atoms with E-state index in [-0.39, 0.29) is 17.5 Å². The highest BCUT2D eigenvalue weighted by atomic mass is 16.5. The first-order valence-electron chi connectivity index (χ1n) is 5.82. The maximum Gasteiger partial charge on any atom is 0.325 e. The van der Waals surface area contributed by atoms with Crippen molar-refractivity contribution >= 4 is 11.8 Å². The van der Waals surface area contributed by atoms with Gasteiger partial charge in [-0.15, -0.1) is 0 Å². The number of rotatable bonds is 1. The smallest absolute Gasteiger partial charge is 0.325 e. The SMILES string of the molecule is CC1CN(C)C(=O)N1c1cc(C(C)(C)C)on1. The molecule has 17 heavy (non-hydrogen) atoms. The first-order valence-corrected chi connectivity index (χ1v) is 5.82. The molecule has 2 heterocycles. The Morgan fingerprint density at radius 2 is 2.12 bits per heavy atom. The van der Waals surface area contributed by atoms with Crippen LogP contribution in [0.2, 0.25) is 0 Å². The predicted molar refractivity (Wildman–Crippen MR) is 65.2 cm³/mol. The molecular weight excluding hydrogens is 218 g/mol. The summed E-state index contributed by atoms with van der Waals surface area (Å²) in [5, 5.41) is 4.00. The molecule has 1 aromatic rings. The van der Waals surface area contributed by atoms with Gasteiger partial charge in [-0.25, -0.2) is 4.79 Å². The van der Waals surface area contributed by atoms with Gasteiger partial charge in [0.15, 0.2) is 5.82 Å². The van der Waals surface area contributed by atoms with Gasteiger partial charge < -0.3 is 9.42 Å². The Labute approximate surface area is 101 Å². The van der Waals surface area contributed by atoms with Crippen LogP contribution >= 0.6 is 0 Å². The highest BCUT2D eigenvalue weighted by molar-refractivity contribution is 5.93. The van der Waals surface area contributed by atoms with Crippen molar-refractivity contribution in [1.82, 2.24) is 10.1 Å². The summed E-state index contributed by atoms with van der Waals surface area (Å²) in [6.45, 7) is 8.89. The largest absolute Gasteiger partial charge is 0.359 e. The second-order valence-electron chi connectivity index (χ2n) is 5.68. The second-order valence-corrected chi connectivity index (χ2v) is 5.68. The Morgan fingerprint density at radius 1 is 1.47 bits per heavy atom. The van der Waals surface area contributed by atoms with E-state index in [0.29, 0.717) is 5.82 Å². The first-order chi connectivity index (χ1) is 7.80. The summed E-state index contributed by atoms with van der Waals surface area (Å²) in [5.74, 6) is 1.40. The highest BCUT2D eigenvalue weighted by Gasteiger charge is 2.35. The Kier molecular flexibility index (Phi) is 2.64. The number of likely N-dealkylation sites (N-methyl/N-ethyl adjacent to an activating group) is 1. The number of carbonyl (C=O) groups excluding carboxylic acids is 1. The van der Waals surface area contributed by atoms with Crippen LogP contribution in [0.1, 0.15) is 33.5 Å². The normalized spacial score (nSPS) is 21.5. The summed E-state index contributed by atoms with van der Waals surface area (Å²) in [6, 6.07) is 1.96. The number of urea groups is 1. The molecule has 1 aromatic heterocycles. The third-order valence-corrected chi connectivity index (χ3v) is 3.00. The van der Waals surface area contributed by atoms with Gasteiger partial charge in [-0.05, 0) is 6.92 Å². The molecule has 0 aromatic carbocycles. The molecule has 0 aliphatic carbocycles. The van der Waals surface area contributed by atoms with Crippen LogP contribution in [-0.2, 0) is 5.41 Å². The van der Waals surface area contributed by atoms with Crippen LogP contribution in [0.5, 0.6) is 0 Å². The molecule has 0 saturated carbocycles. The fourth-order valence-electron chi connectivity index (χ4n) is 1.99. The summed E-state index contributed by atoms with van der Waals surface area (Å²) in [6.07, 6.45) is 0. The molecule has 94 valence electrons. The van der Waals surface area contributed by atoms with Gasteiger partial charge in [0, 0.05) is 25.1 Å². The maximum atomic E-state index is 11.9. The molecule has 0 N–H and O–H groups in total. The van der Waals surface area contributed by atoms with Crippen molar-refractivity contribution in [1.29, 1.82) is 0 Å². The van der Waals surface area contributed by atoms with E-state index >= 15 is 0 Å². The zero-order chi connectivity index (χ0) is 12.8. The monoisotopic (exact) mass is 237 g/mol. The lowest BCUT2D eigenvalue weighted by atomic mass is 9.93. The molecule has 1 aliphatic rings. The summed E-state index contributed by atoms with van der Waals surface area (Å²) < 4.78 is 5.31. The van der Waals surface area contributed by atoms with Gasteiger partial charge in [0.2, 0.25) is 0 Å². The van der Waals surface area contributed by atoms with Crippen LogP contribution in [0.25, 0.3) is 0 Å². The van der Waals surface area contributed by atoms with Gasteiger partial charge in [-0.2, -0.15) is 0 Å². The van der Waals surface area contributed by atoms with Gasteiger partial charge in [-0.3, -0.25) is 4.90 Å². The third-order valence-electron chi connectivity index (χ3n) is 3.00. The van der Waals surface area contributed by atoms with Crippen LogP contribution in [0, 0.1) is 0 Å². The molecule has 0 spiro atoms. The average molecular weight is 237 g/mol. The summed E-state index contributed by atoms with van der Waals surface area (Å²) in [4.78, 5) is 15.3. The van der Waals surface area contributed by atoms with Gasteiger partial charge in [-0.1, -0.05) is 25.9 Å². The minimum absolute atomic E-state index is 0.0220. The van der Waals surface area contributed by atoms with Crippen molar-refractivity contribution in [2.45, 2.75) is 39.2 Å². The van der Waals surface area contributed by atoms with Crippen LogP contribution in [0.3, 0.4) is 0 Å². The first kappa shape index (κ1) is 12.0. The zero-order valence-corrected chi connectivity index (χ0v) is 11.0. The third kappa shape index (κ3) is 2.01. The zero-order valence-electron chi connectivity index (χ0n) is 11.0. The van der Waals surface area contributed by atoms with E-state index in [2.05, 4.69) is 25.9 Å². The van der Waals surface area contributed by atoms with Crippen LogP contribution in [-0.4, -0.2) is 35.7 Å². The van der Waals surface area contributed by atoms with Crippen LogP contribution < -0.4 is 4.90 Å². The second kappa shape index (κ2) is 3.75. The van der Waals surface area contributed by atoms with Gasteiger partial charge in [0.05, 0.1) is 6.04 Å². The molecular formula is C12H19N3O2. The minimum atomic E-state index is -0.0941. The lowest BCUT2D eigenvalue weighted by Crippen LogP contribution is -2.33. The van der Waals surface area contributed by atoms with E-state index in [9.17, 15) is 4.79 Å². The lowest BCUT2D eigenvalue weighted by molar-refractivity contribution is 0.229. The van der Waals surface area contributed by atoms with Crippen LogP contribution in [0.4, 0.5) is 10.6 Å². The topological polar surface area (TPSA) is 49.6 Å². The van der Waals surface area contributed by atoms with Gasteiger partial charge in [0.1, 0.15) is 5.76 Å². The fraction of sp³-hybridized carbons (Fsp3) is 0.667. The van der Waals surface area contributed by atoms with E-state index < -0.39 is 0 Å². The van der Waals surface area contributed by atoms with E-state index in [0.717, 1.165) is 12.3 Å². The highest BCUT2D eigenvalue weighted by Crippen LogP contribution is 2.29. The van der Waals surface area contributed by atoms with Crippen molar-refractivity contribution in [3.63, 3.8) is 0 Å². The Balaban J connectivity index is 2.29. The molecule has 5 nitrogen and oxygen atoms in total. The number of carbonyl (C=O) groups is 1. The quantitative estimate of drug-likeness (QED) is 0.752. The molecule has 1 aliphatic heterocycles. The molecule has 1 unspecified atom stereocenters. The van der Waals surface area contributed by atoms with Crippen molar-refractivity contribution in [2.24, 2.45) is 0 Å². The molecule has 1 fully saturated rings. The number of hydrogen-bond acceptors (Lipinski definition) is 3. The van der Waals surface area contributed by atoms with Gasteiger partial charge in [0.25, 0.3) is 0 Å². The summed E-state index contributed by atoms with van der Waals surface area (Å²) in [7, 11) is 1.80. The fourth-order valence-corrected chi connectivity index (χ4v) is 1.99. The van der Waals surface area contributed by atoms with Crippen molar-refractivity contribution < 1.29 is 9.32 Å². The summed E-state index contributed by atoms with van der Waals surface area (Å²) >= 11 is 0. The standard InChI is InChI=1S/C12H19N3O2/c1-8-7-14(5)11(16)15(8)10-6-9(17-13-10)12(2,3)4/h6,8H,7H2,1-5H3. The molecule has 2 rings (SSSR count). The lowest BCUT2D eigenvalue weighted by Gasteiger charge is -2.16. The van der Waals surface area contributed by atoms with Crippen molar-refractivity contribution in [3.05, 3.63) is 11.8 Å².